The molecule has 3 rings (SSSR count). The van der Waals surface area contributed by atoms with Gasteiger partial charge in [0.25, 0.3) is 5.60 Å². The van der Waals surface area contributed by atoms with Gasteiger partial charge in [0.1, 0.15) is 12.4 Å². The minimum absolute atomic E-state index is 0.00291. The Morgan fingerprint density at radius 3 is 2.21 bits per heavy atom. The summed E-state index contributed by atoms with van der Waals surface area (Å²) in [5.41, 5.74) is -5.76. The lowest BCUT2D eigenvalue weighted by molar-refractivity contribution is -0.376. The summed E-state index contributed by atoms with van der Waals surface area (Å²) >= 11 is 0. The molecule has 0 bridgehead atoms. The molecule has 156 valence electrons. The van der Waals surface area contributed by atoms with E-state index in [0.717, 1.165) is 6.07 Å². The highest BCUT2D eigenvalue weighted by Crippen LogP contribution is 2.51. The molecule has 0 fully saturated rings. The minimum atomic E-state index is -6.00. The number of fused-ring (bicyclic) bond motifs is 1. The van der Waals surface area contributed by atoms with Crippen molar-refractivity contribution in [1.82, 2.24) is 0 Å². The zero-order chi connectivity index (χ0) is 21.4. The number of halogens is 6. The van der Waals surface area contributed by atoms with E-state index in [9.17, 15) is 36.2 Å². The molecule has 4 nitrogen and oxygen atoms in total. The topological polar surface area (TPSA) is 49.8 Å². The van der Waals surface area contributed by atoms with E-state index in [1.165, 1.54) is 4.90 Å². The van der Waals surface area contributed by atoms with Crippen LogP contribution in [0.2, 0.25) is 0 Å². The van der Waals surface area contributed by atoms with Gasteiger partial charge in [0, 0.05) is 5.56 Å². The molecule has 0 saturated heterocycles. The van der Waals surface area contributed by atoms with E-state index < -0.39 is 29.4 Å². The van der Waals surface area contributed by atoms with E-state index in [1.54, 1.807) is 30.3 Å². The standard InChI is InChI=1S/C19H15F6NO3/c20-18(21,22)17(28,19(23,24)25)13-6-7-14-15(11-13)29-9-8-26(14)16(27)10-12-4-2-1-3-5-12/h1-7,11,28H,8-10H2. The van der Waals surface area contributed by atoms with Crippen LogP contribution in [0.25, 0.3) is 0 Å². The molecule has 1 aliphatic heterocycles. The van der Waals surface area contributed by atoms with Crippen molar-refractivity contribution in [3.63, 3.8) is 0 Å². The number of anilines is 1. The molecule has 0 atom stereocenters. The first-order valence-corrected chi connectivity index (χ1v) is 8.42. The first kappa shape index (κ1) is 21.0. The number of amides is 1. The number of rotatable bonds is 3. The second kappa shape index (κ2) is 7.25. The number of aliphatic hydroxyl groups is 1. The minimum Gasteiger partial charge on any atom is -0.490 e. The van der Waals surface area contributed by atoms with E-state index >= 15 is 0 Å². The molecular weight excluding hydrogens is 404 g/mol. The molecule has 1 amide bonds. The van der Waals surface area contributed by atoms with Crippen molar-refractivity contribution in [2.45, 2.75) is 24.4 Å². The highest BCUT2D eigenvalue weighted by atomic mass is 19.4. The quantitative estimate of drug-likeness (QED) is 0.767. The summed E-state index contributed by atoms with van der Waals surface area (Å²) in [4.78, 5) is 13.8. The van der Waals surface area contributed by atoms with Crippen LogP contribution < -0.4 is 9.64 Å². The van der Waals surface area contributed by atoms with Crippen LogP contribution in [0.4, 0.5) is 32.0 Å². The molecule has 1 aliphatic rings. The summed E-state index contributed by atoms with van der Waals surface area (Å²) in [5, 5.41) is 9.54. The molecule has 0 aromatic heterocycles. The van der Waals surface area contributed by atoms with E-state index in [1.807, 2.05) is 0 Å². The summed E-state index contributed by atoms with van der Waals surface area (Å²) in [6, 6.07) is 10.5. The lowest BCUT2D eigenvalue weighted by Gasteiger charge is -2.35. The van der Waals surface area contributed by atoms with E-state index in [4.69, 9.17) is 4.74 Å². The van der Waals surface area contributed by atoms with Crippen LogP contribution in [0.5, 0.6) is 5.75 Å². The largest absolute Gasteiger partial charge is 0.490 e. The number of carbonyl (C=O) groups excluding carboxylic acids is 1. The van der Waals surface area contributed by atoms with Crippen molar-refractivity contribution in [1.29, 1.82) is 0 Å². The normalized spacial score (nSPS) is 14.9. The van der Waals surface area contributed by atoms with Gasteiger partial charge in [0.05, 0.1) is 18.7 Å². The Bertz CT molecular complexity index is 881. The van der Waals surface area contributed by atoms with Gasteiger partial charge in [-0.1, -0.05) is 36.4 Å². The zero-order valence-electron chi connectivity index (χ0n) is 14.7. The fraction of sp³-hybridized carbons (Fsp3) is 0.316. The Balaban J connectivity index is 1.96. The SMILES string of the molecule is O=C(Cc1ccccc1)N1CCOc2cc(C(O)(C(F)(F)F)C(F)(F)F)ccc21. The van der Waals surface area contributed by atoms with Gasteiger partial charge in [-0.3, -0.25) is 4.79 Å². The van der Waals surface area contributed by atoms with Gasteiger partial charge in [-0.2, -0.15) is 26.3 Å². The molecule has 2 aromatic rings. The summed E-state index contributed by atoms with van der Waals surface area (Å²) in [6.45, 7) is -0.0335. The van der Waals surface area contributed by atoms with Crippen LogP contribution in [0, 0.1) is 0 Å². The average molecular weight is 419 g/mol. The molecule has 0 unspecified atom stereocenters. The zero-order valence-corrected chi connectivity index (χ0v) is 14.7. The van der Waals surface area contributed by atoms with Crippen LogP contribution in [0.1, 0.15) is 11.1 Å². The molecule has 1 N–H and O–H groups in total. The molecule has 2 aromatic carbocycles. The summed E-state index contributed by atoms with van der Waals surface area (Å²) in [7, 11) is 0. The summed E-state index contributed by atoms with van der Waals surface area (Å²) in [5.74, 6) is -0.738. The number of benzene rings is 2. The third kappa shape index (κ3) is 3.76. The second-order valence-corrected chi connectivity index (χ2v) is 6.44. The molecule has 0 aliphatic carbocycles. The van der Waals surface area contributed by atoms with Gasteiger partial charge in [0.2, 0.25) is 5.91 Å². The van der Waals surface area contributed by atoms with Crippen molar-refractivity contribution in [3.8, 4) is 5.75 Å². The maximum absolute atomic E-state index is 13.1. The maximum Gasteiger partial charge on any atom is 0.430 e. The predicted octanol–water partition coefficient (Wildman–Crippen LogP) is 3.97. The van der Waals surface area contributed by atoms with Crippen LogP contribution in [-0.2, 0) is 16.8 Å². The Morgan fingerprint density at radius 2 is 1.62 bits per heavy atom. The number of hydrogen-bond acceptors (Lipinski definition) is 3. The van der Waals surface area contributed by atoms with Gasteiger partial charge in [-0.15, -0.1) is 0 Å². The maximum atomic E-state index is 13.1. The van der Waals surface area contributed by atoms with Gasteiger partial charge in [-0.25, -0.2) is 0 Å². The number of hydrogen-bond donors (Lipinski definition) is 1. The lowest BCUT2D eigenvalue weighted by Crippen LogP contribution is -2.54. The van der Waals surface area contributed by atoms with Crippen molar-refractivity contribution >= 4 is 11.6 Å². The van der Waals surface area contributed by atoms with Crippen LogP contribution in [0.15, 0.2) is 48.5 Å². The van der Waals surface area contributed by atoms with Crippen LogP contribution >= 0.6 is 0 Å². The Labute approximate surface area is 161 Å². The van der Waals surface area contributed by atoms with Crippen molar-refractivity contribution in [2.75, 3.05) is 18.1 Å². The van der Waals surface area contributed by atoms with Crippen molar-refractivity contribution in [3.05, 3.63) is 59.7 Å². The van der Waals surface area contributed by atoms with E-state index in [0.29, 0.717) is 17.7 Å². The van der Waals surface area contributed by atoms with Gasteiger partial charge in [-0.05, 0) is 17.7 Å². The molecule has 10 heteroatoms. The van der Waals surface area contributed by atoms with E-state index in [-0.39, 0.29) is 31.0 Å². The Hall–Kier alpha value is -2.75. The predicted molar refractivity (Wildman–Crippen MR) is 90.4 cm³/mol. The molecule has 0 saturated carbocycles. The lowest BCUT2D eigenvalue weighted by atomic mass is 9.91. The summed E-state index contributed by atoms with van der Waals surface area (Å²) < 4.78 is 83.7. The number of carbonyl (C=O) groups is 1. The first-order valence-electron chi connectivity index (χ1n) is 8.42. The Kier molecular flexibility index (Phi) is 5.24. The molecular formula is C19H15F6NO3. The van der Waals surface area contributed by atoms with Gasteiger partial charge in [0.15, 0.2) is 0 Å². The van der Waals surface area contributed by atoms with Crippen LogP contribution in [-0.4, -0.2) is 36.5 Å². The number of nitrogens with zero attached hydrogens (tertiary/aromatic N) is 1. The van der Waals surface area contributed by atoms with E-state index in [2.05, 4.69) is 0 Å². The van der Waals surface area contributed by atoms with Gasteiger partial charge >= 0.3 is 12.4 Å². The van der Waals surface area contributed by atoms with Crippen LogP contribution in [0.3, 0.4) is 0 Å². The third-order valence-electron chi connectivity index (χ3n) is 4.56. The summed E-state index contributed by atoms with van der Waals surface area (Å²) in [6.07, 6.45) is -12.0. The first-order chi connectivity index (χ1) is 13.4. The second-order valence-electron chi connectivity index (χ2n) is 6.44. The smallest absolute Gasteiger partial charge is 0.430 e. The van der Waals surface area contributed by atoms with Crippen molar-refractivity contribution in [2.24, 2.45) is 0 Å². The van der Waals surface area contributed by atoms with Gasteiger partial charge < -0.3 is 14.7 Å². The monoisotopic (exact) mass is 419 g/mol. The fourth-order valence-electron chi connectivity index (χ4n) is 3.06. The number of ether oxygens (including phenoxy) is 1. The molecule has 0 spiro atoms. The molecule has 29 heavy (non-hydrogen) atoms. The highest BCUT2D eigenvalue weighted by Gasteiger charge is 2.71. The van der Waals surface area contributed by atoms with Crippen molar-refractivity contribution < 1.29 is 41.0 Å². The highest BCUT2D eigenvalue weighted by molar-refractivity contribution is 5.96. The number of alkyl halides is 6. The fourth-order valence-corrected chi connectivity index (χ4v) is 3.06. The Morgan fingerprint density at radius 1 is 1.00 bits per heavy atom. The third-order valence-corrected chi connectivity index (χ3v) is 4.56. The molecule has 0 radical (unpaired) electrons. The molecule has 1 heterocycles. The average Bonchev–Trinajstić information content (AvgIpc) is 2.65.